The van der Waals surface area contributed by atoms with Crippen molar-refractivity contribution >= 4 is 11.6 Å². The van der Waals surface area contributed by atoms with Crippen molar-refractivity contribution < 1.29 is 0 Å². The Labute approximate surface area is 119 Å². The lowest BCUT2D eigenvalue weighted by Crippen LogP contribution is -2.17. The molecule has 19 heavy (non-hydrogen) atoms. The van der Waals surface area contributed by atoms with Crippen molar-refractivity contribution in [3.05, 3.63) is 51.8 Å². The number of nitrogens with two attached hydrogens (primary N) is 1. The second-order valence-corrected chi connectivity index (χ2v) is 5.12. The van der Waals surface area contributed by atoms with Crippen molar-refractivity contribution in [3.63, 3.8) is 0 Å². The molecule has 1 aromatic carbocycles. The molecule has 0 saturated heterocycles. The summed E-state index contributed by atoms with van der Waals surface area (Å²) in [6, 6.07) is 7.88. The van der Waals surface area contributed by atoms with E-state index in [1.165, 1.54) is 0 Å². The van der Waals surface area contributed by atoms with Crippen molar-refractivity contribution in [1.29, 1.82) is 0 Å². The minimum absolute atomic E-state index is 0.189. The fourth-order valence-corrected chi connectivity index (χ4v) is 2.33. The highest BCUT2D eigenvalue weighted by molar-refractivity contribution is 6.31. The van der Waals surface area contributed by atoms with Gasteiger partial charge in [-0.05, 0) is 43.5 Å². The maximum absolute atomic E-state index is 6.36. The van der Waals surface area contributed by atoms with Crippen molar-refractivity contribution in [1.82, 2.24) is 9.78 Å². The summed E-state index contributed by atoms with van der Waals surface area (Å²) in [5, 5.41) is 5.29. The van der Waals surface area contributed by atoms with Crippen molar-refractivity contribution in [2.45, 2.75) is 39.8 Å². The average molecular weight is 278 g/mol. The van der Waals surface area contributed by atoms with E-state index in [4.69, 9.17) is 17.3 Å². The Morgan fingerprint density at radius 3 is 2.63 bits per heavy atom. The monoisotopic (exact) mass is 277 g/mol. The topological polar surface area (TPSA) is 43.8 Å². The van der Waals surface area contributed by atoms with Gasteiger partial charge in [0.25, 0.3) is 0 Å². The van der Waals surface area contributed by atoms with Crippen molar-refractivity contribution in [2.24, 2.45) is 5.73 Å². The molecule has 102 valence electrons. The smallest absolute Gasteiger partial charge is 0.0723 e. The molecule has 1 aromatic heterocycles. The van der Waals surface area contributed by atoms with E-state index in [9.17, 15) is 0 Å². The summed E-state index contributed by atoms with van der Waals surface area (Å²) in [5.74, 6) is 0. The summed E-state index contributed by atoms with van der Waals surface area (Å²) < 4.78 is 1.97. The van der Waals surface area contributed by atoms with Crippen LogP contribution < -0.4 is 5.73 Å². The summed E-state index contributed by atoms with van der Waals surface area (Å²) in [6.45, 7) is 6.98. The molecule has 1 unspecified atom stereocenters. The highest BCUT2D eigenvalue weighted by Crippen LogP contribution is 2.25. The maximum atomic E-state index is 6.36. The number of halogens is 1. The van der Waals surface area contributed by atoms with Crippen LogP contribution in [0.15, 0.2) is 24.3 Å². The molecule has 0 aliphatic heterocycles. The lowest BCUT2D eigenvalue weighted by molar-refractivity contribution is 0.595. The molecule has 4 heteroatoms. The standard InChI is InChI=1S/C15H20ClN3/c1-4-12-9-14(19(5-2)18-12)15(17)11-7-6-10(3)13(16)8-11/h6-9,15H,4-5,17H2,1-3H3. The van der Waals surface area contributed by atoms with Gasteiger partial charge in [0, 0.05) is 11.6 Å². The van der Waals surface area contributed by atoms with Gasteiger partial charge in [0.15, 0.2) is 0 Å². The van der Waals surface area contributed by atoms with Gasteiger partial charge in [0.1, 0.15) is 0 Å². The Morgan fingerprint density at radius 2 is 2.05 bits per heavy atom. The molecule has 3 nitrogen and oxygen atoms in total. The number of nitrogens with zero attached hydrogens (tertiary/aromatic N) is 2. The number of hydrogen-bond donors (Lipinski definition) is 1. The first-order valence-electron chi connectivity index (χ1n) is 6.65. The van der Waals surface area contributed by atoms with Crippen LogP contribution in [-0.4, -0.2) is 9.78 Å². The Bertz CT molecular complexity index is 575. The van der Waals surface area contributed by atoms with Crippen LogP contribution in [0.1, 0.15) is 42.4 Å². The summed E-state index contributed by atoms with van der Waals surface area (Å²) >= 11 is 6.17. The number of aryl methyl sites for hydroxylation is 3. The lowest BCUT2D eigenvalue weighted by Gasteiger charge is -2.14. The van der Waals surface area contributed by atoms with Gasteiger partial charge in [-0.1, -0.05) is 30.7 Å². The van der Waals surface area contributed by atoms with Gasteiger partial charge < -0.3 is 5.73 Å². The molecule has 0 amide bonds. The molecule has 0 aliphatic rings. The van der Waals surface area contributed by atoms with Crippen LogP contribution in [0.4, 0.5) is 0 Å². The molecule has 1 heterocycles. The zero-order valence-electron chi connectivity index (χ0n) is 11.7. The van der Waals surface area contributed by atoms with Gasteiger partial charge in [-0.2, -0.15) is 5.10 Å². The third-order valence-electron chi connectivity index (χ3n) is 3.40. The minimum Gasteiger partial charge on any atom is -0.319 e. The molecular formula is C15H20ClN3. The second kappa shape index (κ2) is 5.76. The van der Waals surface area contributed by atoms with E-state index in [-0.39, 0.29) is 6.04 Å². The summed E-state index contributed by atoms with van der Waals surface area (Å²) in [5.41, 5.74) is 10.6. The Hall–Kier alpha value is -1.32. The fourth-order valence-electron chi connectivity index (χ4n) is 2.14. The zero-order chi connectivity index (χ0) is 14.0. The lowest BCUT2D eigenvalue weighted by atomic mass is 10.0. The van der Waals surface area contributed by atoms with E-state index < -0.39 is 0 Å². The Kier molecular flexibility index (Phi) is 4.27. The first kappa shape index (κ1) is 14.1. The fraction of sp³-hybridized carbons (Fsp3) is 0.400. The van der Waals surface area contributed by atoms with Crippen LogP contribution in [0.2, 0.25) is 5.02 Å². The number of rotatable bonds is 4. The van der Waals surface area contributed by atoms with Crippen LogP contribution in [-0.2, 0) is 13.0 Å². The SMILES string of the molecule is CCc1cc(C(N)c2ccc(C)c(Cl)c2)n(CC)n1. The molecule has 0 spiro atoms. The van der Waals surface area contributed by atoms with E-state index >= 15 is 0 Å². The molecule has 2 N–H and O–H groups in total. The first-order chi connectivity index (χ1) is 9.06. The van der Waals surface area contributed by atoms with E-state index in [2.05, 4.69) is 25.0 Å². The normalized spacial score (nSPS) is 12.7. The number of aromatic nitrogens is 2. The molecule has 0 radical (unpaired) electrons. The molecule has 0 aliphatic carbocycles. The average Bonchev–Trinajstić information content (AvgIpc) is 2.84. The van der Waals surface area contributed by atoms with Gasteiger partial charge >= 0.3 is 0 Å². The minimum atomic E-state index is -0.189. The number of benzene rings is 1. The zero-order valence-corrected chi connectivity index (χ0v) is 12.4. The highest BCUT2D eigenvalue weighted by atomic mass is 35.5. The maximum Gasteiger partial charge on any atom is 0.0723 e. The summed E-state index contributed by atoms with van der Waals surface area (Å²) in [4.78, 5) is 0. The molecular weight excluding hydrogens is 258 g/mol. The van der Waals surface area contributed by atoms with Crippen LogP contribution in [0, 0.1) is 6.92 Å². The van der Waals surface area contributed by atoms with Gasteiger partial charge in [-0.15, -0.1) is 0 Å². The van der Waals surface area contributed by atoms with E-state index in [0.29, 0.717) is 0 Å². The molecule has 0 saturated carbocycles. The Morgan fingerprint density at radius 1 is 1.32 bits per heavy atom. The largest absolute Gasteiger partial charge is 0.319 e. The van der Waals surface area contributed by atoms with Crippen LogP contribution in [0.5, 0.6) is 0 Å². The van der Waals surface area contributed by atoms with Crippen molar-refractivity contribution in [3.8, 4) is 0 Å². The van der Waals surface area contributed by atoms with Gasteiger partial charge in [-0.25, -0.2) is 0 Å². The Balaban J connectivity index is 2.39. The van der Waals surface area contributed by atoms with Crippen LogP contribution in [0.3, 0.4) is 0 Å². The van der Waals surface area contributed by atoms with E-state index in [1.807, 2.05) is 29.8 Å². The molecule has 2 aromatic rings. The van der Waals surface area contributed by atoms with Crippen molar-refractivity contribution in [2.75, 3.05) is 0 Å². The highest BCUT2D eigenvalue weighted by Gasteiger charge is 2.16. The molecule has 0 bridgehead atoms. The number of hydrogen-bond acceptors (Lipinski definition) is 2. The van der Waals surface area contributed by atoms with Gasteiger partial charge in [0.05, 0.1) is 17.4 Å². The predicted molar refractivity (Wildman–Crippen MR) is 79.5 cm³/mol. The summed E-state index contributed by atoms with van der Waals surface area (Å²) in [7, 11) is 0. The third kappa shape index (κ3) is 2.82. The second-order valence-electron chi connectivity index (χ2n) is 4.72. The van der Waals surface area contributed by atoms with Crippen LogP contribution >= 0.6 is 11.6 Å². The molecule has 0 fully saturated rings. The van der Waals surface area contributed by atoms with E-state index in [0.717, 1.165) is 40.5 Å². The molecule has 2 rings (SSSR count). The van der Waals surface area contributed by atoms with E-state index in [1.54, 1.807) is 0 Å². The molecule has 1 atom stereocenters. The van der Waals surface area contributed by atoms with Gasteiger partial charge in [-0.3, -0.25) is 4.68 Å². The predicted octanol–water partition coefficient (Wildman–Crippen LogP) is 3.48. The third-order valence-corrected chi connectivity index (χ3v) is 3.80. The van der Waals surface area contributed by atoms with Gasteiger partial charge in [0.2, 0.25) is 0 Å². The quantitative estimate of drug-likeness (QED) is 0.930. The first-order valence-corrected chi connectivity index (χ1v) is 7.02. The summed E-state index contributed by atoms with van der Waals surface area (Å²) in [6.07, 6.45) is 0.918. The van der Waals surface area contributed by atoms with Crippen LogP contribution in [0.25, 0.3) is 0 Å².